The van der Waals surface area contributed by atoms with Gasteiger partial charge in [0.25, 0.3) is 6.43 Å². The number of nitrogens with zero attached hydrogens (tertiary/aromatic N) is 2. The van der Waals surface area contributed by atoms with Gasteiger partial charge in [0.05, 0.1) is 6.54 Å². The molecule has 2 nitrogen and oxygen atoms in total. The van der Waals surface area contributed by atoms with E-state index in [1.165, 1.54) is 4.57 Å². The van der Waals surface area contributed by atoms with Crippen molar-refractivity contribution < 1.29 is 8.78 Å². The molecule has 0 atom stereocenters. The summed E-state index contributed by atoms with van der Waals surface area (Å²) in [5.41, 5.74) is 0.592. The molecular weight excluding hydrogens is 381 g/mol. The molecule has 0 aliphatic heterocycles. The Morgan fingerprint density at radius 2 is 2.27 bits per heavy atom. The first-order chi connectivity index (χ1) is 7.09. The lowest BCUT2D eigenvalue weighted by Gasteiger charge is -2.02. The van der Waals surface area contributed by atoms with Gasteiger partial charge in [0, 0.05) is 25.8 Å². The molecule has 0 unspecified atom stereocenters. The van der Waals surface area contributed by atoms with Crippen molar-refractivity contribution in [1.29, 1.82) is 0 Å². The fourth-order valence-electron chi connectivity index (χ4n) is 1.42. The molecule has 0 N–H and O–H groups in total. The third-order valence-electron chi connectivity index (χ3n) is 1.99. The van der Waals surface area contributed by atoms with Crippen LogP contribution in [0, 0.1) is 3.57 Å². The van der Waals surface area contributed by atoms with Crippen LogP contribution in [0.5, 0.6) is 0 Å². The van der Waals surface area contributed by atoms with Gasteiger partial charge in [0.15, 0.2) is 0 Å². The zero-order chi connectivity index (χ0) is 11.0. The standard InChI is InChI=1S/C9H6BrF2IN2/c10-5-1-2-14-9-8(5)6(13)3-15(9)4-7(11)12/h1-3,7H,4H2. The van der Waals surface area contributed by atoms with Crippen LogP contribution in [0.1, 0.15) is 0 Å². The van der Waals surface area contributed by atoms with E-state index in [-0.39, 0.29) is 6.54 Å². The summed E-state index contributed by atoms with van der Waals surface area (Å²) in [6.45, 7) is -0.317. The van der Waals surface area contributed by atoms with Gasteiger partial charge in [-0.25, -0.2) is 13.8 Å². The number of halogens is 4. The summed E-state index contributed by atoms with van der Waals surface area (Å²) in [6.07, 6.45) is 0.928. The van der Waals surface area contributed by atoms with Crippen molar-refractivity contribution in [2.75, 3.05) is 0 Å². The molecule has 0 amide bonds. The molecule has 0 saturated carbocycles. The summed E-state index contributed by atoms with van der Waals surface area (Å²) in [5, 5.41) is 0.888. The predicted molar refractivity (Wildman–Crippen MR) is 66.2 cm³/mol. The van der Waals surface area contributed by atoms with Crippen LogP contribution < -0.4 is 0 Å². The maximum atomic E-state index is 12.3. The van der Waals surface area contributed by atoms with Crippen molar-refractivity contribution in [1.82, 2.24) is 9.55 Å². The van der Waals surface area contributed by atoms with Crippen LogP contribution in [0.2, 0.25) is 0 Å². The second kappa shape index (κ2) is 4.32. The van der Waals surface area contributed by atoms with Crippen molar-refractivity contribution in [3.8, 4) is 0 Å². The Bertz CT molecular complexity index is 498. The lowest BCUT2D eigenvalue weighted by molar-refractivity contribution is 0.128. The smallest absolute Gasteiger partial charge is 0.256 e. The third kappa shape index (κ3) is 2.15. The summed E-state index contributed by atoms with van der Waals surface area (Å²) >= 11 is 5.50. The van der Waals surface area contributed by atoms with E-state index < -0.39 is 6.43 Å². The maximum Gasteiger partial charge on any atom is 0.256 e. The largest absolute Gasteiger partial charge is 0.326 e. The molecule has 0 bridgehead atoms. The first-order valence-corrected chi connectivity index (χ1v) is 6.03. The average Bonchev–Trinajstić information content (AvgIpc) is 2.44. The molecule has 15 heavy (non-hydrogen) atoms. The van der Waals surface area contributed by atoms with Gasteiger partial charge in [-0.15, -0.1) is 0 Å². The highest BCUT2D eigenvalue weighted by molar-refractivity contribution is 14.1. The topological polar surface area (TPSA) is 17.8 Å². The normalized spacial score (nSPS) is 11.5. The number of aromatic nitrogens is 2. The Kier molecular flexibility index (Phi) is 3.24. The molecular formula is C9H6BrF2IN2. The van der Waals surface area contributed by atoms with E-state index in [1.807, 2.05) is 0 Å². The van der Waals surface area contributed by atoms with E-state index in [1.54, 1.807) is 18.5 Å². The average molecular weight is 387 g/mol. The Morgan fingerprint density at radius 3 is 2.93 bits per heavy atom. The van der Waals surface area contributed by atoms with E-state index in [4.69, 9.17) is 0 Å². The van der Waals surface area contributed by atoms with Crippen molar-refractivity contribution in [2.24, 2.45) is 0 Å². The van der Waals surface area contributed by atoms with Crippen LogP contribution in [-0.2, 0) is 6.54 Å². The molecule has 2 aromatic heterocycles. The zero-order valence-corrected chi connectivity index (χ0v) is 11.2. The van der Waals surface area contributed by atoms with Crippen LogP contribution in [0.4, 0.5) is 8.78 Å². The van der Waals surface area contributed by atoms with E-state index >= 15 is 0 Å². The fourth-order valence-corrected chi connectivity index (χ4v) is 3.16. The molecule has 0 aliphatic carbocycles. The van der Waals surface area contributed by atoms with Crippen LogP contribution in [0.3, 0.4) is 0 Å². The minimum atomic E-state index is -2.36. The minimum absolute atomic E-state index is 0.317. The van der Waals surface area contributed by atoms with Crippen LogP contribution in [-0.4, -0.2) is 16.0 Å². The van der Waals surface area contributed by atoms with Gasteiger partial charge < -0.3 is 4.57 Å². The van der Waals surface area contributed by atoms with Crippen LogP contribution >= 0.6 is 38.5 Å². The van der Waals surface area contributed by atoms with Crippen molar-refractivity contribution >= 4 is 49.6 Å². The third-order valence-corrected chi connectivity index (χ3v) is 3.47. The molecule has 80 valence electrons. The van der Waals surface area contributed by atoms with Gasteiger partial charge in [0.1, 0.15) is 5.65 Å². The number of alkyl halides is 2. The first kappa shape index (κ1) is 11.3. The molecule has 0 radical (unpaired) electrons. The molecule has 2 rings (SSSR count). The number of fused-ring (bicyclic) bond motifs is 1. The van der Waals surface area contributed by atoms with Crippen LogP contribution in [0.25, 0.3) is 11.0 Å². The number of hydrogen-bond acceptors (Lipinski definition) is 1. The molecule has 0 spiro atoms. The van der Waals surface area contributed by atoms with Crippen molar-refractivity contribution in [3.05, 3.63) is 26.5 Å². The van der Waals surface area contributed by atoms with E-state index in [2.05, 4.69) is 43.5 Å². The minimum Gasteiger partial charge on any atom is -0.326 e. The lowest BCUT2D eigenvalue weighted by atomic mass is 10.3. The number of rotatable bonds is 2. The fraction of sp³-hybridized carbons (Fsp3) is 0.222. The van der Waals surface area contributed by atoms with Gasteiger partial charge in [-0.05, 0) is 44.6 Å². The highest BCUT2D eigenvalue weighted by Crippen LogP contribution is 2.28. The van der Waals surface area contributed by atoms with E-state index in [0.717, 1.165) is 13.4 Å². The summed E-state index contributed by atoms with van der Waals surface area (Å²) in [7, 11) is 0. The summed E-state index contributed by atoms with van der Waals surface area (Å²) < 4.78 is 27.9. The Morgan fingerprint density at radius 1 is 1.53 bits per heavy atom. The Labute approximate surface area is 107 Å². The first-order valence-electron chi connectivity index (χ1n) is 4.16. The van der Waals surface area contributed by atoms with Gasteiger partial charge in [-0.2, -0.15) is 0 Å². The molecule has 2 aromatic rings. The molecule has 0 fully saturated rings. The molecule has 2 heterocycles. The Hall–Kier alpha value is -0.240. The van der Waals surface area contributed by atoms with Gasteiger partial charge in [-0.1, -0.05) is 0 Å². The number of pyridine rings is 1. The van der Waals surface area contributed by atoms with Gasteiger partial charge in [0.2, 0.25) is 0 Å². The van der Waals surface area contributed by atoms with Crippen molar-refractivity contribution in [2.45, 2.75) is 13.0 Å². The SMILES string of the molecule is FC(F)Cn1cc(I)c2c(Br)ccnc21. The Balaban J connectivity index is 2.63. The van der Waals surface area contributed by atoms with E-state index in [9.17, 15) is 8.78 Å². The predicted octanol–water partition coefficient (Wildman–Crippen LogP) is 3.67. The maximum absolute atomic E-state index is 12.3. The second-order valence-electron chi connectivity index (χ2n) is 3.01. The monoisotopic (exact) mass is 386 g/mol. The molecule has 0 aliphatic rings. The van der Waals surface area contributed by atoms with Crippen LogP contribution in [0.15, 0.2) is 22.9 Å². The lowest BCUT2D eigenvalue weighted by Crippen LogP contribution is -2.05. The van der Waals surface area contributed by atoms with E-state index in [0.29, 0.717) is 5.65 Å². The highest BCUT2D eigenvalue weighted by Gasteiger charge is 2.13. The second-order valence-corrected chi connectivity index (χ2v) is 5.03. The van der Waals surface area contributed by atoms with Gasteiger partial charge in [-0.3, -0.25) is 0 Å². The van der Waals surface area contributed by atoms with Gasteiger partial charge >= 0.3 is 0 Å². The quantitative estimate of drug-likeness (QED) is 0.720. The number of hydrogen-bond donors (Lipinski definition) is 0. The molecule has 0 saturated heterocycles. The van der Waals surface area contributed by atoms with Crippen molar-refractivity contribution in [3.63, 3.8) is 0 Å². The summed E-state index contributed by atoms with van der Waals surface area (Å²) in [6, 6.07) is 1.80. The summed E-state index contributed by atoms with van der Waals surface area (Å²) in [5.74, 6) is 0. The molecule has 0 aromatic carbocycles. The highest BCUT2D eigenvalue weighted by atomic mass is 127. The summed E-state index contributed by atoms with van der Waals surface area (Å²) in [4.78, 5) is 4.11. The molecule has 6 heteroatoms. The zero-order valence-electron chi connectivity index (χ0n) is 7.42.